The van der Waals surface area contributed by atoms with Crippen molar-refractivity contribution >= 4 is 17.1 Å². The lowest BCUT2D eigenvalue weighted by Crippen LogP contribution is -2.17. The van der Waals surface area contributed by atoms with E-state index < -0.39 is 0 Å². The summed E-state index contributed by atoms with van der Waals surface area (Å²) in [6.07, 6.45) is 1.57. The maximum Gasteiger partial charge on any atom is 0.164 e. The number of ketones is 1. The summed E-state index contributed by atoms with van der Waals surface area (Å²) < 4.78 is 0. The third-order valence-corrected chi connectivity index (χ3v) is 2.91. The van der Waals surface area contributed by atoms with Gasteiger partial charge in [-0.1, -0.05) is 13.3 Å². The first-order chi connectivity index (χ1) is 6.27. The minimum absolute atomic E-state index is 0.221. The number of hydrogen-bond acceptors (Lipinski definition) is 3. The van der Waals surface area contributed by atoms with Crippen LogP contribution in [-0.4, -0.2) is 12.3 Å². The molecule has 0 bridgehead atoms. The first-order valence-electron chi connectivity index (χ1n) is 4.53. The molecule has 0 aromatic carbocycles. The molecule has 1 unspecified atom stereocenters. The number of Topliss-reactive ketones (excluding diaryl/α,β-unsaturated/α-hetero) is 1. The first-order valence-corrected chi connectivity index (χ1v) is 5.47. The normalized spacial score (nSPS) is 12.8. The Hall–Kier alpha value is -0.670. The molecular formula is C10H15NOS. The summed E-state index contributed by atoms with van der Waals surface area (Å²) in [5.74, 6) is 0.561. The number of carbonyl (C=O) groups excluding carboxylic acids is 1. The zero-order valence-electron chi connectivity index (χ0n) is 7.82. The quantitative estimate of drug-likeness (QED) is 0.736. The topological polar surface area (TPSA) is 43.1 Å². The molecule has 0 aliphatic rings. The van der Waals surface area contributed by atoms with Crippen molar-refractivity contribution in [2.75, 3.05) is 6.54 Å². The van der Waals surface area contributed by atoms with E-state index in [1.807, 2.05) is 16.8 Å². The van der Waals surface area contributed by atoms with E-state index in [1.165, 1.54) is 0 Å². The highest BCUT2D eigenvalue weighted by Crippen LogP contribution is 2.14. The van der Waals surface area contributed by atoms with Gasteiger partial charge in [0.05, 0.1) is 0 Å². The Labute approximate surface area is 82.8 Å². The van der Waals surface area contributed by atoms with Gasteiger partial charge in [-0.25, -0.2) is 0 Å². The third kappa shape index (κ3) is 2.94. The largest absolute Gasteiger partial charge is 0.330 e. The van der Waals surface area contributed by atoms with Crippen LogP contribution in [0, 0.1) is 5.92 Å². The molecule has 3 heteroatoms. The van der Waals surface area contributed by atoms with E-state index in [0.717, 1.165) is 12.0 Å². The van der Waals surface area contributed by atoms with Crippen LogP contribution in [0.15, 0.2) is 16.8 Å². The maximum absolute atomic E-state index is 11.6. The molecule has 0 aliphatic heterocycles. The zero-order valence-corrected chi connectivity index (χ0v) is 8.64. The second-order valence-corrected chi connectivity index (χ2v) is 3.93. The van der Waals surface area contributed by atoms with Gasteiger partial charge in [0.2, 0.25) is 0 Å². The van der Waals surface area contributed by atoms with Gasteiger partial charge in [0.25, 0.3) is 0 Å². The summed E-state index contributed by atoms with van der Waals surface area (Å²) >= 11 is 1.56. The molecule has 0 amide bonds. The van der Waals surface area contributed by atoms with Crippen LogP contribution in [0.25, 0.3) is 0 Å². The van der Waals surface area contributed by atoms with Crippen molar-refractivity contribution in [2.45, 2.75) is 19.8 Å². The predicted molar refractivity (Wildman–Crippen MR) is 56.1 cm³/mol. The minimum atomic E-state index is 0.221. The Morgan fingerprint density at radius 1 is 1.69 bits per heavy atom. The molecule has 0 aliphatic carbocycles. The predicted octanol–water partition coefficient (Wildman–Crippen LogP) is 2.31. The van der Waals surface area contributed by atoms with E-state index in [0.29, 0.717) is 18.9 Å². The van der Waals surface area contributed by atoms with E-state index in [-0.39, 0.29) is 5.78 Å². The van der Waals surface area contributed by atoms with E-state index in [1.54, 1.807) is 11.3 Å². The van der Waals surface area contributed by atoms with Crippen molar-refractivity contribution in [3.63, 3.8) is 0 Å². The highest BCUT2D eigenvalue weighted by molar-refractivity contribution is 7.08. The van der Waals surface area contributed by atoms with Crippen LogP contribution in [0.4, 0.5) is 0 Å². The van der Waals surface area contributed by atoms with Gasteiger partial charge in [0, 0.05) is 17.4 Å². The minimum Gasteiger partial charge on any atom is -0.330 e. The van der Waals surface area contributed by atoms with Crippen LogP contribution in [-0.2, 0) is 0 Å². The molecule has 2 nitrogen and oxygen atoms in total. The van der Waals surface area contributed by atoms with Gasteiger partial charge < -0.3 is 5.73 Å². The molecule has 13 heavy (non-hydrogen) atoms. The number of rotatable bonds is 5. The fourth-order valence-corrected chi connectivity index (χ4v) is 1.86. The van der Waals surface area contributed by atoms with Crippen LogP contribution in [0.5, 0.6) is 0 Å². The van der Waals surface area contributed by atoms with Crippen molar-refractivity contribution in [1.29, 1.82) is 0 Å². The number of carbonyl (C=O) groups is 1. The van der Waals surface area contributed by atoms with Crippen molar-refractivity contribution in [2.24, 2.45) is 11.7 Å². The van der Waals surface area contributed by atoms with Gasteiger partial charge in [0.1, 0.15) is 0 Å². The van der Waals surface area contributed by atoms with Crippen molar-refractivity contribution in [1.82, 2.24) is 0 Å². The van der Waals surface area contributed by atoms with Gasteiger partial charge in [-0.2, -0.15) is 11.3 Å². The molecule has 1 atom stereocenters. The van der Waals surface area contributed by atoms with Crippen molar-refractivity contribution < 1.29 is 4.79 Å². The first kappa shape index (κ1) is 10.4. The summed E-state index contributed by atoms with van der Waals surface area (Å²) in [5, 5.41) is 3.82. The van der Waals surface area contributed by atoms with Gasteiger partial charge >= 0.3 is 0 Å². The molecule has 0 radical (unpaired) electrons. The standard InChI is InChI=1S/C10H15NOS/c1-2-8(6-11)5-10(12)9-3-4-13-7-9/h3-4,7-8H,2,5-6,11H2,1H3. The number of nitrogens with two attached hydrogens (primary N) is 1. The zero-order chi connectivity index (χ0) is 9.68. The molecule has 1 aromatic rings. The molecule has 0 saturated heterocycles. The Bertz CT molecular complexity index is 252. The van der Waals surface area contributed by atoms with E-state index in [2.05, 4.69) is 6.92 Å². The fourth-order valence-electron chi connectivity index (χ4n) is 1.20. The van der Waals surface area contributed by atoms with Crippen LogP contribution >= 0.6 is 11.3 Å². The van der Waals surface area contributed by atoms with Crippen molar-refractivity contribution in [3.05, 3.63) is 22.4 Å². The van der Waals surface area contributed by atoms with Crippen LogP contribution < -0.4 is 5.73 Å². The number of hydrogen-bond donors (Lipinski definition) is 1. The lowest BCUT2D eigenvalue weighted by atomic mass is 9.97. The Morgan fingerprint density at radius 3 is 2.92 bits per heavy atom. The molecule has 0 fully saturated rings. The van der Waals surface area contributed by atoms with Crippen LogP contribution in [0.2, 0.25) is 0 Å². The van der Waals surface area contributed by atoms with E-state index in [4.69, 9.17) is 5.73 Å². The van der Waals surface area contributed by atoms with Crippen molar-refractivity contribution in [3.8, 4) is 0 Å². The average molecular weight is 197 g/mol. The molecule has 1 aromatic heterocycles. The lowest BCUT2D eigenvalue weighted by Gasteiger charge is -2.09. The highest BCUT2D eigenvalue weighted by atomic mass is 32.1. The summed E-state index contributed by atoms with van der Waals surface area (Å²) in [5.41, 5.74) is 6.37. The van der Waals surface area contributed by atoms with E-state index >= 15 is 0 Å². The van der Waals surface area contributed by atoms with Crippen LogP contribution in [0.3, 0.4) is 0 Å². The average Bonchev–Trinajstić information content (AvgIpc) is 2.66. The van der Waals surface area contributed by atoms with Gasteiger partial charge in [-0.3, -0.25) is 4.79 Å². The lowest BCUT2D eigenvalue weighted by molar-refractivity contribution is 0.0962. The smallest absolute Gasteiger partial charge is 0.164 e. The Kier molecular flexibility index (Phi) is 4.12. The van der Waals surface area contributed by atoms with E-state index in [9.17, 15) is 4.79 Å². The monoisotopic (exact) mass is 197 g/mol. The Balaban J connectivity index is 2.50. The van der Waals surface area contributed by atoms with Gasteiger partial charge in [0.15, 0.2) is 5.78 Å². The Morgan fingerprint density at radius 2 is 2.46 bits per heavy atom. The summed E-state index contributed by atoms with van der Waals surface area (Å²) in [4.78, 5) is 11.6. The molecular weight excluding hydrogens is 182 g/mol. The maximum atomic E-state index is 11.6. The second kappa shape index (κ2) is 5.14. The summed E-state index contributed by atoms with van der Waals surface area (Å²) in [6.45, 7) is 2.67. The SMILES string of the molecule is CCC(CN)CC(=O)c1ccsc1. The molecule has 1 heterocycles. The molecule has 1 rings (SSSR count). The molecule has 72 valence electrons. The van der Waals surface area contributed by atoms with Crippen LogP contribution in [0.1, 0.15) is 30.1 Å². The number of thiophene rings is 1. The highest BCUT2D eigenvalue weighted by Gasteiger charge is 2.12. The second-order valence-electron chi connectivity index (χ2n) is 3.15. The summed E-state index contributed by atoms with van der Waals surface area (Å²) in [6, 6.07) is 1.87. The third-order valence-electron chi connectivity index (χ3n) is 2.23. The van der Waals surface area contributed by atoms with Gasteiger partial charge in [-0.05, 0) is 23.9 Å². The molecule has 0 spiro atoms. The summed E-state index contributed by atoms with van der Waals surface area (Å²) in [7, 11) is 0. The van der Waals surface area contributed by atoms with Gasteiger partial charge in [-0.15, -0.1) is 0 Å². The molecule has 0 saturated carbocycles. The fraction of sp³-hybridized carbons (Fsp3) is 0.500. The molecule has 2 N–H and O–H groups in total.